The van der Waals surface area contributed by atoms with E-state index in [1.54, 1.807) is 0 Å². The minimum absolute atomic E-state index is 1.06. The van der Waals surface area contributed by atoms with Crippen LogP contribution in [0.4, 0.5) is 0 Å². The third-order valence-electron chi connectivity index (χ3n) is 1.67. The Morgan fingerprint density at radius 1 is 1.12 bits per heavy atom. The van der Waals surface area contributed by atoms with Crippen LogP contribution >= 0.6 is 0 Å². The van der Waals surface area contributed by atoms with Gasteiger partial charge in [-0.15, -0.1) is 0 Å². The molecule has 1 aliphatic heterocycles. The average Bonchev–Trinajstić information content (AvgIpc) is 1.90. The van der Waals surface area contributed by atoms with Crippen molar-refractivity contribution >= 4 is 10.2 Å². The van der Waals surface area contributed by atoms with Gasteiger partial charge in [-0.3, -0.25) is 0 Å². The number of likely N-dealkylation sites (tertiary alicyclic amines) is 1. The highest BCUT2D eigenvalue weighted by atomic mass is 28.1. The van der Waals surface area contributed by atoms with Crippen molar-refractivity contribution in [1.82, 2.24) is 4.90 Å². The second kappa shape index (κ2) is 3.25. The molecule has 1 saturated heterocycles. The molecule has 0 aliphatic carbocycles. The minimum atomic E-state index is 1.06. The number of rotatable bonds is 1. The highest BCUT2D eigenvalue weighted by molar-refractivity contribution is 6.08. The Labute approximate surface area is 54.5 Å². The lowest BCUT2D eigenvalue weighted by atomic mass is 10.1. The summed E-state index contributed by atoms with van der Waals surface area (Å²) < 4.78 is 0. The van der Waals surface area contributed by atoms with Gasteiger partial charge in [0.15, 0.2) is 0 Å². The van der Waals surface area contributed by atoms with Gasteiger partial charge in [0.2, 0.25) is 0 Å². The predicted molar refractivity (Wildman–Crippen MR) is 36.0 cm³/mol. The van der Waals surface area contributed by atoms with Gasteiger partial charge in [0, 0.05) is 10.2 Å². The van der Waals surface area contributed by atoms with Crippen LogP contribution in [0.2, 0.25) is 0 Å². The van der Waals surface area contributed by atoms with Crippen molar-refractivity contribution < 1.29 is 0 Å². The van der Waals surface area contributed by atoms with E-state index in [2.05, 4.69) is 15.1 Å². The Hall–Kier alpha value is 0.177. The van der Waals surface area contributed by atoms with Crippen molar-refractivity contribution in [3.05, 3.63) is 0 Å². The molecule has 0 amide bonds. The second-order valence-electron chi connectivity index (χ2n) is 2.34. The van der Waals surface area contributed by atoms with Crippen LogP contribution in [0.15, 0.2) is 0 Å². The van der Waals surface area contributed by atoms with Crippen LogP contribution in [0.25, 0.3) is 0 Å². The van der Waals surface area contributed by atoms with Gasteiger partial charge in [-0.1, -0.05) is 6.42 Å². The molecule has 0 aromatic carbocycles. The van der Waals surface area contributed by atoms with Gasteiger partial charge in [-0.25, -0.2) is 0 Å². The molecule has 1 fully saturated rings. The first kappa shape index (κ1) is 6.30. The lowest BCUT2D eigenvalue weighted by Gasteiger charge is -2.24. The largest absolute Gasteiger partial charge is 0.307 e. The monoisotopic (exact) mass is 126 g/mol. The van der Waals surface area contributed by atoms with E-state index in [1.165, 1.54) is 32.4 Å². The topological polar surface area (TPSA) is 3.24 Å². The summed E-state index contributed by atoms with van der Waals surface area (Å²) in [5, 5.41) is 0. The molecule has 1 heterocycles. The summed E-state index contributed by atoms with van der Waals surface area (Å²) in [5.41, 5.74) is 0. The predicted octanol–water partition coefficient (Wildman–Crippen LogP) is 0.598. The van der Waals surface area contributed by atoms with E-state index in [1.807, 2.05) is 0 Å². The summed E-state index contributed by atoms with van der Waals surface area (Å²) in [7, 11) is 3.48. The van der Waals surface area contributed by atoms with Crippen molar-refractivity contribution in [1.29, 1.82) is 0 Å². The van der Waals surface area contributed by atoms with Crippen LogP contribution in [-0.4, -0.2) is 34.4 Å². The third-order valence-corrected chi connectivity index (χ3v) is 2.12. The zero-order chi connectivity index (χ0) is 5.82. The molecule has 8 heavy (non-hydrogen) atoms. The van der Waals surface area contributed by atoms with E-state index in [4.69, 9.17) is 0 Å². The van der Waals surface area contributed by atoms with Crippen molar-refractivity contribution in [2.75, 3.05) is 19.3 Å². The molecule has 0 bridgehead atoms. The normalized spacial score (nSPS) is 23.6. The molecule has 3 radical (unpaired) electrons. The van der Waals surface area contributed by atoms with Gasteiger partial charge in [-0.05, 0) is 32.1 Å². The van der Waals surface area contributed by atoms with Crippen LogP contribution in [0.1, 0.15) is 19.3 Å². The van der Waals surface area contributed by atoms with Gasteiger partial charge in [-0.2, -0.15) is 0 Å². The lowest BCUT2D eigenvalue weighted by molar-refractivity contribution is 0.263. The van der Waals surface area contributed by atoms with E-state index < -0.39 is 0 Å². The number of nitrogens with zero attached hydrogens (tertiary/aromatic N) is 1. The molecule has 45 valence electrons. The molecule has 0 N–H and O–H groups in total. The van der Waals surface area contributed by atoms with Crippen molar-refractivity contribution in [3.63, 3.8) is 0 Å². The molecule has 0 aromatic rings. The fourth-order valence-electron chi connectivity index (χ4n) is 1.12. The zero-order valence-electron chi connectivity index (χ0n) is 5.19. The summed E-state index contributed by atoms with van der Waals surface area (Å²) in [6.45, 7) is 2.59. The van der Waals surface area contributed by atoms with Crippen LogP contribution < -0.4 is 0 Å². The molecule has 0 spiro atoms. The van der Waals surface area contributed by atoms with Gasteiger partial charge in [0.05, 0.1) is 0 Å². The molecule has 0 aromatic heterocycles. The molecular formula is C6H12NSi. The molecule has 1 aliphatic rings. The summed E-state index contributed by atoms with van der Waals surface area (Å²) in [4.78, 5) is 2.43. The van der Waals surface area contributed by atoms with Gasteiger partial charge in [0.25, 0.3) is 0 Å². The van der Waals surface area contributed by atoms with Gasteiger partial charge in [0.1, 0.15) is 0 Å². The fraction of sp³-hybridized carbons (Fsp3) is 1.00. The average molecular weight is 126 g/mol. The molecule has 0 saturated carbocycles. The van der Waals surface area contributed by atoms with Crippen LogP contribution in [0, 0.1) is 0 Å². The summed E-state index contributed by atoms with van der Waals surface area (Å²) >= 11 is 0. The Balaban J connectivity index is 2.13. The van der Waals surface area contributed by atoms with E-state index in [0.29, 0.717) is 0 Å². The molecule has 0 unspecified atom stereocenters. The van der Waals surface area contributed by atoms with Crippen LogP contribution in [-0.2, 0) is 0 Å². The highest BCUT2D eigenvalue weighted by Crippen LogP contribution is 2.06. The van der Waals surface area contributed by atoms with E-state index in [0.717, 1.165) is 6.17 Å². The molecular weight excluding hydrogens is 114 g/mol. The smallest absolute Gasteiger partial charge is 0.0432 e. The molecule has 2 heteroatoms. The van der Waals surface area contributed by atoms with Crippen LogP contribution in [0.3, 0.4) is 0 Å². The van der Waals surface area contributed by atoms with Crippen molar-refractivity contribution in [2.24, 2.45) is 0 Å². The van der Waals surface area contributed by atoms with Gasteiger partial charge >= 0.3 is 0 Å². The highest BCUT2D eigenvalue weighted by Gasteiger charge is 2.05. The SMILES string of the molecule is [Si]CN1CCCCC1. The summed E-state index contributed by atoms with van der Waals surface area (Å²) in [6, 6.07) is 0. The zero-order valence-corrected chi connectivity index (χ0v) is 6.19. The molecule has 1 rings (SSSR count). The van der Waals surface area contributed by atoms with Crippen molar-refractivity contribution in [2.45, 2.75) is 19.3 Å². The number of hydrogen-bond acceptors (Lipinski definition) is 1. The first-order chi connectivity index (χ1) is 3.93. The lowest BCUT2D eigenvalue weighted by Crippen LogP contribution is -2.30. The van der Waals surface area contributed by atoms with E-state index in [9.17, 15) is 0 Å². The van der Waals surface area contributed by atoms with Gasteiger partial charge < -0.3 is 4.90 Å². The second-order valence-corrected chi connectivity index (χ2v) is 2.65. The first-order valence-corrected chi connectivity index (χ1v) is 4.01. The van der Waals surface area contributed by atoms with Crippen molar-refractivity contribution in [3.8, 4) is 0 Å². The quantitative estimate of drug-likeness (QED) is 0.465. The first-order valence-electron chi connectivity index (χ1n) is 3.30. The standard InChI is InChI=1S/C6H12NSi/c8-6-7-4-2-1-3-5-7/h1-6H2. The summed E-state index contributed by atoms with van der Waals surface area (Å²) in [5.74, 6) is 0. The fourth-order valence-corrected chi connectivity index (χ4v) is 1.43. The number of hydrogen-bond donors (Lipinski definition) is 0. The van der Waals surface area contributed by atoms with E-state index in [-0.39, 0.29) is 0 Å². The number of piperidine rings is 1. The minimum Gasteiger partial charge on any atom is -0.307 e. The van der Waals surface area contributed by atoms with Crippen LogP contribution in [0.5, 0.6) is 0 Å². The summed E-state index contributed by atoms with van der Waals surface area (Å²) in [6.07, 6.45) is 5.28. The maximum absolute atomic E-state index is 3.48. The molecule has 1 nitrogen and oxygen atoms in total. The Morgan fingerprint density at radius 2 is 1.75 bits per heavy atom. The third kappa shape index (κ3) is 1.60. The maximum Gasteiger partial charge on any atom is 0.0432 e. The maximum atomic E-state index is 3.48. The Bertz CT molecular complexity index is 59.5. The van der Waals surface area contributed by atoms with E-state index >= 15 is 0 Å². The Morgan fingerprint density at radius 3 is 2.12 bits per heavy atom. The Kier molecular flexibility index (Phi) is 2.56. The molecule has 0 atom stereocenters.